The highest BCUT2D eigenvalue weighted by molar-refractivity contribution is 9.10. The molecule has 2 heterocycles. The van der Waals surface area contributed by atoms with Crippen molar-refractivity contribution in [3.05, 3.63) is 88.1 Å². The Balaban J connectivity index is 1.49. The predicted octanol–water partition coefficient (Wildman–Crippen LogP) is 5.66. The Kier molecular flexibility index (Phi) is 6.98. The lowest BCUT2D eigenvalue weighted by Crippen LogP contribution is -2.28. The van der Waals surface area contributed by atoms with Gasteiger partial charge in [-0.2, -0.15) is 14.4 Å². The van der Waals surface area contributed by atoms with Crippen molar-refractivity contribution < 1.29 is 17.6 Å². The number of halogens is 2. The maximum Gasteiger partial charge on any atom is 0.280 e. The number of benzene rings is 3. The Hall–Kier alpha value is -2.99. The second-order valence-corrected chi connectivity index (χ2v) is 12.0. The zero-order valence-electron chi connectivity index (χ0n) is 18.8. The molecule has 5 rings (SSSR count). The molecule has 1 saturated heterocycles. The molecule has 1 aliphatic rings. The van der Waals surface area contributed by atoms with E-state index < -0.39 is 15.9 Å². The van der Waals surface area contributed by atoms with Crippen LogP contribution >= 0.6 is 27.3 Å². The molecule has 3 aromatic carbocycles. The van der Waals surface area contributed by atoms with Crippen LogP contribution in [0.2, 0.25) is 0 Å². The van der Waals surface area contributed by atoms with Crippen molar-refractivity contribution in [3.63, 3.8) is 0 Å². The topological polar surface area (TPSA) is 82.9 Å². The summed E-state index contributed by atoms with van der Waals surface area (Å²) in [6.45, 7) is 1.01. The second-order valence-electron chi connectivity index (χ2n) is 8.16. The maximum absolute atomic E-state index is 13.5. The standard InChI is InChI=1S/C25H20BrFN4O3S2/c26-19-7-12-22-23(15-19)35-25(29-22)31(28-16-17-3-8-20(27)9-4-17)24(32)18-5-10-21(11-6-18)36(33,34)30-13-1-2-14-30/h3-12,15-16H,1-2,13-14H2/b28-16+. The van der Waals surface area contributed by atoms with E-state index in [1.54, 1.807) is 12.1 Å². The predicted molar refractivity (Wildman–Crippen MR) is 143 cm³/mol. The molecular weight excluding hydrogens is 567 g/mol. The molecule has 0 radical (unpaired) electrons. The van der Waals surface area contributed by atoms with Crippen LogP contribution in [0.4, 0.5) is 9.52 Å². The van der Waals surface area contributed by atoms with Crippen molar-refractivity contribution in [2.24, 2.45) is 5.10 Å². The van der Waals surface area contributed by atoms with Crippen molar-refractivity contribution in [2.75, 3.05) is 18.1 Å². The number of hydrogen-bond acceptors (Lipinski definition) is 6. The van der Waals surface area contributed by atoms with Crippen molar-refractivity contribution in [2.45, 2.75) is 17.7 Å². The number of amides is 1. The number of fused-ring (bicyclic) bond motifs is 1. The molecule has 1 aliphatic heterocycles. The number of nitrogens with zero attached hydrogens (tertiary/aromatic N) is 4. The lowest BCUT2D eigenvalue weighted by Gasteiger charge is -2.16. The molecule has 1 fully saturated rings. The van der Waals surface area contributed by atoms with E-state index in [2.05, 4.69) is 26.0 Å². The number of aromatic nitrogens is 1. The second kappa shape index (κ2) is 10.2. The van der Waals surface area contributed by atoms with Gasteiger partial charge >= 0.3 is 0 Å². The van der Waals surface area contributed by atoms with Crippen LogP contribution in [0.3, 0.4) is 0 Å². The molecule has 0 saturated carbocycles. The van der Waals surface area contributed by atoms with Crippen LogP contribution in [0.5, 0.6) is 0 Å². The van der Waals surface area contributed by atoms with Gasteiger partial charge in [-0.05, 0) is 73.0 Å². The Morgan fingerprint density at radius 3 is 2.44 bits per heavy atom. The Labute approximate surface area is 220 Å². The smallest absolute Gasteiger partial charge is 0.267 e. The summed E-state index contributed by atoms with van der Waals surface area (Å²) in [5.74, 6) is -0.850. The molecule has 36 heavy (non-hydrogen) atoms. The SMILES string of the molecule is O=C(c1ccc(S(=O)(=O)N2CCCC2)cc1)N(/N=C/c1ccc(F)cc1)c1nc2ccc(Br)cc2s1. The Bertz CT molecular complexity index is 1550. The van der Waals surface area contributed by atoms with Gasteiger partial charge in [0.2, 0.25) is 15.2 Å². The van der Waals surface area contributed by atoms with E-state index in [9.17, 15) is 17.6 Å². The summed E-state index contributed by atoms with van der Waals surface area (Å²) >= 11 is 4.74. The first-order valence-electron chi connectivity index (χ1n) is 11.1. The van der Waals surface area contributed by atoms with E-state index >= 15 is 0 Å². The maximum atomic E-state index is 13.5. The van der Waals surface area contributed by atoms with Gasteiger partial charge < -0.3 is 0 Å². The largest absolute Gasteiger partial charge is 0.280 e. The minimum absolute atomic E-state index is 0.146. The Morgan fingerprint density at radius 2 is 1.75 bits per heavy atom. The summed E-state index contributed by atoms with van der Waals surface area (Å²) in [4.78, 5) is 18.2. The number of thiazole rings is 1. The highest BCUT2D eigenvalue weighted by Gasteiger charge is 2.28. The fourth-order valence-electron chi connectivity index (χ4n) is 3.81. The average Bonchev–Trinajstić information content (AvgIpc) is 3.56. The normalized spacial score (nSPS) is 14.6. The number of anilines is 1. The van der Waals surface area contributed by atoms with Gasteiger partial charge in [-0.3, -0.25) is 4.79 Å². The van der Waals surface area contributed by atoms with E-state index in [-0.39, 0.29) is 16.3 Å². The third kappa shape index (κ3) is 5.10. The zero-order valence-corrected chi connectivity index (χ0v) is 22.1. The number of carbonyl (C=O) groups is 1. The molecule has 11 heteroatoms. The zero-order chi connectivity index (χ0) is 25.3. The summed E-state index contributed by atoms with van der Waals surface area (Å²) in [5, 5.41) is 5.89. The van der Waals surface area contributed by atoms with Crippen LogP contribution in [-0.4, -0.2) is 42.9 Å². The number of hydrazone groups is 1. The molecule has 4 aromatic rings. The molecule has 0 aliphatic carbocycles. The molecule has 0 spiro atoms. The molecule has 7 nitrogen and oxygen atoms in total. The number of rotatable bonds is 6. The molecule has 1 aromatic heterocycles. The molecule has 1 amide bonds. The first kappa shape index (κ1) is 24.7. The van der Waals surface area contributed by atoms with Crippen LogP contribution in [0.25, 0.3) is 10.2 Å². The van der Waals surface area contributed by atoms with Gasteiger partial charge in [0, 0.05) is 23.1 Å². The fraction of sp³-hybridized carbons (Fsp3) is 0.160. The Morgan fingerprint density at radius 1 is 1.06 bits per heavy atom. The molecule has 0 bridgehead atoms. The lowest BCUT2D eigenvalue weighted by atomic mass is 10.2. The highest BCUT2D eigenvalue weighted by atomic mass is 79.9. The summed E-state index contributed by atoms with van der Waals surface area (Å²) in [5.41, 5.74) is 1.57. The molecular formula is C25H20BrFN4O3S2. The van der Waals surface area contributed by atoms with Gasteiger partial charge in [0.1, 0.15) is 5.82 Å². The van der Waals surface area contributed by atoms with Gasteiger partial charge in [-0.15, -0.1) is 0 Å². The quantitative estimate of drug-likeness (QED) is 0.215. The van der Waals surface area contributed by atoms with Crippen molar-refractivity contribution in [3.8, 4) is 0 Å². The van der Waals surface area contributed by atoms with Gasteiger partial charge in [0.25, 0.3) is 5.91 Å². The van der Waals surface area contributed by atoms with E-state index in [0.717, 1.165) is 22.0 Å². The molecule has 184 valence electrons. The minimum Gasteiger partial charge on any atom is -0.267 e. The summed E-state index contributed by atoms with van der Waals surface area (Å²) in [7, 11) is -3.59. The summed E-state index contributed by atoms with van der Waals surface area (Å²) < 4.78 is 42.2. The van der Waals surface area contributed by atoms with E-state index in [1.807, 2.05) is 18.2 Å². The van der Waals surface area contributed by atoms with Crippen molar-refractivity contribution in [1.29, 1.82) is 0 Å². The summed E-state index contributed by atoms with van der Waals surface area (Å²) in [6, 6.07) is 17.2. The van der Waals surface area contributed by atoms with Crippen molar-refractivity contribution in [1.82, 2.24) is 9.29 Å². The first-order valence-corrected chi connectivity index (χ1v) is 14.2. The molecule has 0 atom stereocenters. The minimum atomic E-state index is -3.59. The van der Waals surface area contributed by atoms with Crippen LogP contribution in [0.1, 0.15) is 28.8 Å². The number of hydrogen-bond donors (Lipinski definition) is 0. The average molecular weight is 587 g/mol. The first-order chi connectivity index (χ1) is 17.3. The third-order valence-corrected chi connectivity index (χ3v) is 9.11. The highest BCUT2D eigenvalue weighted by Crippen LogP contribution is 2.32. The monoisotopic (exact) mass is 586 g/mol. The van der Waals surface area contributed by atoms with Crippen molar-refractivity contribution >= 4 is 64.8 Å². The van der Waals surface area contributed by atoms with Crippen LogP contribution in [0.15, 0.2) is 81.2 Å². The van der Waals surface area contributed by atoms with E-state index in [4.69, 9.17) is 0 Å². The van der Waals surface area contributed by atoms with Gasteiger partial charge in [0.15, 0.2) is 0 Å². The van der Waals surface area contributed by atoms with Gasteiger partial charge in [-0.1, -0.05) is 39.4 Å². The van der Waals surface area contributed by atoms with Gasteiger partial charge in [0.05, 0.1) is 21.3 Å². The summed E-state index contributed by atoms with van der Waals surface area (Å²) in [6.07, 6.45) is 3.14. The lowest BCUT2D eigenvalue weighted by molar-refractivity contribution is 0.0987. The third-order valence-electron chi connectivity index (χ3n) is 5.71. The molecule has 0 unspecified atom stereocenters. The number of sulfonamides is 1. The van der Waals surface area contributed by atoms with Gasteiger partial charge in [-0.25, -0.2) is 17.8 Å². The molecule has 0 N–H and O–H groups in total. The van der Waals surface area contributed by atoms with E-state index in [1.165, 1.54) is 63.3 Å². The van der Waals surface area contributed by atoms with Crippen LogP contribution < -0.4 is 5.01 Å². The fourth-order valence-corrected chi connectivity index (χ4v) is 6.80. The number of carbonyl (C=O) groups excluding carboxylic acids is 1. The van der Waals surface area contributed by atoms with Crippen LogP contribution in [-0.2, 0) is 10.0 Å². The van der Waals surface area contributed by atoms with E-state index in [0.29, 0.717) is 29.3 Å². The van der Waals surface area contributed by atoms with Crippen LogP contribution in [0, 0.1) is 5.82 Å².